The molecule has 0 saturated carbocycles. The fraction of sp³-hybridized carbons (Fsp3) is 0.214. The zero-order chi connectivity index (χ0) is 12.2. The van der Waals surface area contributed by atoms with Gasteiger partial charge in [-0.05, 0) is 43.5 Å². The van der Waals surface area contributed by atoms with E-state index in [1.54, 1.807) is 6.07 Å². The highest BCUT2D eigenvalue weighted by atomic mass is 16.1. The quantitative estimate of drug-likeness (QED) is 0.628. The van der Waals surface area contributed by atoms with Crippen LogP contribution in [-0.2, 0) is 0 Å². The molecule has 0 spiro atoms. The molecule has 0 aliphatic carbocycles. The highest BCUT2D eigenvalue weighted by Gasteiger charge is 2.11. The maximum atomic E-state index is 11.4. The minimum atomic E-state index is -0.0576. The molecule has 0 saturated heterocycles. The summed E-state index contributed by atoms with van der Waals surface area (Å²) in [5.74, 6) is 0. The van der Waals surface area contributed by atoms with Gasteiger partial charge in [0.25, 0.3) is 5.56 Å². The predicted molar refractivity (Wildman–Crippen MR) is 69.7 cm³/mol. The Morgan fingerprint density at radius 2 is 1.82 bits per heavy atom. The van der Waals surface area contributed by atoms with Gasteiger partial charge >= 0.3 is 0 Å². The lowest BCUT2D eigenvalue weighted by Crippen LogP contribution is -2.05. The molecule has 86 valence electrons. The average molecular weight is 226 g/mol. The summed E-state index contributed by atoms with van der Waals surface area (Å²) in [5, 5.41) is 1.24. The van der Waals surface area contributed by atoms with Crippen LogP contribution in [0.5, 0.6) is 0 Å². The van der Waals surface area contributed by atoms with Crippen LogP contribution < -0.4 is 5.56 Å². The molecule has 0 amide bonds. The Morgan fingerprint density at radius 1 is 1.06 bits per heavy atom. The number of aromatic amines is 1. The van der Waals surface area contributed by atoms with Gasteiger partial charge in [0.05, 0.1) is 5.52 Å². The van der Waals surface area contributed by atoms with E-state index in [4.69, 9.17) is 0 Å². The van der Waals surface area contributed by atoms with Crippen LogP contribution in [0.15, 0.2) is 29.2 Å². The molecule has 3 nitrogen and oxygen atoms in total. The molecule has 0 aliphatic heterocycles. The van der Waals surface area contributed by atoms with Crippen LogP contribution in [0.4, 0.5) is 0 Å². The number of aromatic nitrogens is 2. The monoisotopic (exact) mass is 226 g/mol. The highest BCUT2D eigenvalue weighted by molar-refractivity contribution is 5.93. The first-order valence-electron chi connectivity index (χ1n) is 5.69. The van der Waals surface area contributed by atoms with Crippen molar-refractivity contribution >= 4 is 16.6 Å². The molecule has 2 heterocycles. The van der Waals surface area contributed by atoms with Gasteiger partial charge in [-0.1, -0.05) is 6.07 Å². The van der Waals surface area contributed by atoms with E-state index in [2.05, 4.69) is 37.9 Å². The SMILES string of the molecule is Cc1ccc2c(c1C)c(C)c1[nH]c(=O)ccn12. The Hall–Kier alpha value is -2.03. The number of H-pyrrole nitrogens is 1. The van der Waals surface area contributed by atoms with E-state index in [-0.39, 0.29) is 5.56 Å². The summed E-state index contributed by atoms with van der Waals surface area (Å²) >= 11 is 0. The third-order valence-electron chi connectivity index (χ3n) is 3.56. The van der Waals surface area contributed by atoms with Crippen molar-refractivity contribution in [2.75, 3.05) is 0 Å². The smallest absolute Gasteiger partial charge is 0.250 e. The molecule has 3 heteroatoms. The van der Waals surface area contributed by atoms with Crippen LogP contribution >= 0.6 is 0 Å². The van der Waals surface area contributed by atoms with E-state index in [9.17, 15) is 4.79 Å². The standard InChI is InChI=1S/C14H14N2O/c1-8-4-5-11-13(9(8)2)10(3)14-15-12(17)6-7-16(11)14/h4-7H,1-3H3,(H,15,17). The normalized spacial score (nSPS) is 11.5. The number of benzene rings is 1. The predicted octanol–water partition coefficient (Wildman–Crippen LogP) is 2.71. The van der Waals surface area contributed by atoms with Gasteiger partial charge in [-0.2, -0.15) is 0 Å². The molecule has 0 aliphatic rings. The number of nitrogens with one attached hydrogen (secondary N) is 1. The molecule has 17 heavy (non-hydrogen) atoms. The van der Waals surface area contributed by atoms with E-state index >= 15 is 0 Å². The molecule has 3 aromatic rings. The summed E-state index contributed by atoms with van der Waals surface area (Å²) in [6.07, 6.45) is 1.83. The number of aryl methyl sites for hydroxylation is 3. The number of nitrogens with zero attached hydrogens (tertiary/aromatic N) is 1. The summed E-state index contributed by atoms with van der Waals surface area (Å²) in [4.78, 5) is 14.3. The van der Waals surface area contributed by atoms with E-state index in [0.717, 1.165) is 16.7 Å². The fourth-order valence-electron chi connectivity index (χ4n) is 2.50. The van der Waals surface area contributed by atoms with Gasteiger partial charge in [-0.15, -0.1) is 0 Å². The Labute approximate surface area is 98.7 Å². The molecule has 1 N–H and O–H groups in total. The number of fused-ring (bicyclic) bond motifs is 3. The molecule has 0 unspecified atom stereocenters. The van der Waals surface area contributed by atoms with Gasteiger partial charge in [0, 0.05) is 17.6 Å². The summed E-state index contributed by atoms with van der Waals surface area (Å²) in [6.45, 7) is 6.29. The Kier molecular flexibility index (Phi) is 1.93. The molecule has 1 aromatic carbocycles. The molecular formula is C14H14N2O. The lowest BCUT2D eigenvalue weighted by atomic mass is 10.0. The zero-order valence-corrected chi connectivity index (χ0v) is 10.2. The van der Waals surface area contributed by atoms with Crippen LogP contribution in [0.1, 0.15) is 16.7 Å². The maximum absolute atomic E-state index is 11.4. The fourth-order valence-corrected chi connectivity index (χ4v) is 2.50. The van der Waals surface area contributed by atoms with Crippen molar-refractivity contribution in [3.05, 3.63) is 51.4 Å². The van der Waals surface area contributed by atoms with Gasteiger partial charge in [-0.25, -0.2) is 0 Å². The Bertz CT molecular complexity index is 793. The summed E-state index contributed by atoms with van der Waals surface area (Å²) in [5.41, 5.74) is 5.68. The van der Waals surface area contributed by atoms with Crippen molar-refractivity contribution in [1.29, 1.82) is 0 Å². The summed E-state index contributed by atoms with van der Waals surface area (Å²) in [7, 11) is 0. The number of hydrogen-bond acceptors (Lipinski definition) is 1. The van der Waals surface area contributed by atoms with Gasteiger partial charge in [0.1, 0.15) is 5.65 Å². The lowest BCUT2D eigenvalue weighted by molar-refractivity contribution is 1.12. The van der Waals surface area contributed by atoms with Crippen molar-refractivity contribution in [2.45, 2.75) is 20.8 Å². The number of rotatable bonds is 0. The van der Waals surface area contributed by atoms with Crippen molar-refractivity contribution in [1.82, 2.24) is 9.38 Å². The largest absolute Gasteiger partial charge is 0.308 e. The summed E-state index contributed by atoms with van der Waals surface area (Å²) in [6, 6.07) is 5.78. The van der Waals surface area contributed by atoms with E-state index < -0.39 is 0 Å². The van der Waals surface area contributed by atoms with E-state index in [1.165, 1.54) is 16.5 Å². The van der Waals surface area contributed by atoms with Crippen LogP contribution in [0.3, 0.4) is 0 Å². The van der Waals surface area contributed by atoms with Crippen LogP contribution in [0.25, 0.3) is 16.6 Å². The average Bonchev–Trinajstić information content (AvgIpc) is 2.58. The van der Waals surface area contributed by atoms with Gasteiger partial charge < -0.3 is 9.38 Å². The van der Waals surface area contributed by atoms with E-state index in [0.29, 0.717) is 0 Å². The maximum Gasteiger partial charge on any atom is 0.250 e. The van der Waals surface area contributed by atoms with Crippen LogP contribution in [-0.4, -0.2) is 9.38 Å². The van der Waals surface area contributed by atoms with Crippen molar-refractivity contribution in [2.24, 2.45) is 0 Å². The third-order valence-corrected chi connectivity index (χ3v) is 3.56. The molecule has 2 aromatic heterocycles. The molecule has 0 atom stereocenters. The minimum absolute atomic E-state index is 0.0576. The molecule has 0 fully saturated rings. The second-order valence-electron chi connectivity index (χ2n) is 4.55. The zero-order valence-electron chi connectivity index (χ0n) is 10.2. The van der Waals surface area contributed by atoms with Crippen molar-refractivity contribution in [3.63, 3.8) is 0 Å². The van der Waals surface area contributed by atoms with E-state index in [1.807, 2.05) is 10.6 Å². The first-order chi connectivity index (χ1) is 8.09. The molecular weight excluding hydrogens is 212 g/mol. The van der Waals surface area contributed by atoms with Gasteiger partial charge in [0.15, 0.2) is 0 Å². The Balaban J connectivity index is 2.67. The van der Waals surface area contributed by atoms with Crippen LogP contribution in [0.2, 0.25) is 0 Å². The highest BCUT2D eigenvalue weighted by Crippen LogP contribution is 2.28. The summed E-state index contributed by atoms with van der Waals surface area (Å²) < 4.78 is 2.04. The van der Waals surface area contributed by atoms with Gasteiger partial charge in [0.2, 0.25) is 0 Å². The molecule has 0 radical (unpaired) electrons. The second-order valence-corrected chi connectivity index (χ2v) is 4.55. The van der Waals surface area contributed by atoms with Crippen molar-refractivity contribution < 1.29 is 0 Å². The van der Waals surface area contributed by atoms with Gasteiger partial charge in [-0.3, -0.25) is 4.79 Å². The molecule has 3 rings (SSSR count). The van der Waals surface area contributed by atoms with Crippen LogP contribution in [0, 0.1) is 20.8 Å². The second kappa shape index (κ2) is 3.23. The number of hydrogen-bond donors (Lipinski definition) is 1. The first kappa shape index (κ1) is 10.1. The minimum Gasteiger partial charge on any atom is -0.308 e. The lowest BCUT2D eigenvalue weighted by Gasteiger charge is -2.02. The van der Waals surface area contributed by atoms with Crippen molar-refractivity contribution in [3.8, 4) is 0 Å². The molecule has 0 bridgehead atoms. The first-order valence-corrected chi connectivity index (χ1v) is 5.69. The Morgan fingerprint density at radius 3 is 2.59 bits per heavy atom. The third kappa shape index (κ3) is 1.25. The topological polar surface area (TPSA) is 37.3 Å².